The number of urea groups is 1. The van der Waals surface area contributed by atoms with Crippen molar-refractivity contribution in [2.45, 2.75) is 27.7 Å². The third kappa shape index (κ3) is 5.83. The Morgan fingerprint density at radius 1 is 1.06 bits per heavy atom. The summed E-state index contributed by atoms with van der Waals surface area (Å²) in [5, 5.41) is 13.2. The summed E-state index contributed by atoms with van der Waals surface area (Å²) in [6.07, 6.45) is 1.79. The number of carbonyl (C=O) groups is 3. The van der Waals surface area contributed by atoms with Gasteiger partial charge in [0.05, 0.1) is 0 Å². The van der Waals surface area contributed by atoms with Crippen molar-refractivity contribution >= 4 is 17.9 Å². The van der Waals surface area contributed by atoms with Crippen molar-refractivity contribution in [3.05, 3.63) is 22.8 Å². The summed E-state index contributed by atoms with van der Waals surface area (Å²) in [7, 11) is 0. The van der Waals surface area contributed by atoms with Crippen molar-refractivity contribution in [3.8, 4) is 0 Å². The second-order valence-corrected chi connectivity index (χ2v) is 4.00. The monoisotopic (exact) mass is 254 g/mol. The van der Waals surface area contributed by atoms with Gasteiger partial charge in [-0.3, -0.25) is 10.1 Å². The molecule has 0 aliphatic rings. The Balaban J connectivity index is 4.41. The number of amides is 3. The third-order valence-electron chi connectivity index (χ3n) is 2.22. The van der Waals surface area contributed by atoms with Gasteiger partial charge in [0.2, 0.25) is 0 Å². The summed E-state index contributed by atoms with van der Waals surface area (Å²) in [4.78, 5) is 33.4. The number of aliphatic carboxylic acids is 1. The highest BCUT2D eigenvalue weighted by Crippen LogP contribution is 2.03. The van der Waals surface area contributed by atoms with Crippen LogP contribution in [0.25, 0.3) is 0 Å². The Labute approximate surface area is 106 Å². The second kappa shape index (κ2) is 7.26. The number of imide groups is 1. The average Bonchev–Trinajstić information content (AvgIpc) is 2.26. The number of carboxylic acids is 1. The van der Waals surface area contributed by atoms with Crippen molar-refractivity contribution in [1.29, 1.82) is 0 Å². The van der Waals surface area contributed by atoms with Gasteiger partial charge in [-0.15, -0.1) is 0 Å². The minimum absolute atomic E-state index is 0.000126. The highest BCUT2D eigenvalue weighted by molar-refractivity contribution is 6.07. The van der Waals surface area contributed by atoms with Gasteiger partial charge >= 0.3 is 12.0 Å². The largest absolute Gasteiger partial charge is 0.478 e. The van der Waals surface area contributed by atoms with Crippen LogP contribution in [0.5, 0.6) is 0 Å². The van der Waals surface area contributed by atoms with E-state index in [9.17, 15) is 14.4 Å². The molecule has 0 aliphatic carbocycles. The minimum atomic E-state index is -1.19. The number of hydrogen-bond acceptors (Lipinski definition) is 3. The molecule has 0 rings (SSSR count). The molecule has 18 heavy (non-hydrogen) atoms. The van der Waals surface area contributed by atoms with Gasteiger partial charge in [0, 0.05) is 17.7 Å². The van der Waals surface area contributed by atoms with E-state index in [1.807, 2.05) is 19.2 Å². The predicted molar refractivity (Wildman–Crippen MR) is 67.0 cm³/mol. The van der Waals surface area contributed by atoms with Crippen LogP contribution < -0.4 is 10.6 Å². The van der Waals surface area contributed by atoms with Gasteiger partial charge in [-0.1, -0.05) is 11.6 Å². The number of hydrogen-bond donors (Lipinski definition) is 3. The molecule has 3 N–H and O–H groups in total. The molecular formula is C12H18N2O4. The van der Waals surface area contributed by atoms with E-state index in [4.69, 9.17) is 5.11 Å². The molecular weight excluding hydrogens is 236 g/mol. The molecule has 0 atom stereocenters. The van der Waals surface area contributed by atoms with Crippen LogP contribution in [-0.4, -0.2) is 29.6 Å². The van der Waals surface area contributed by atoms with Crippen LogP contribution in [0.2, 0.25) is 0 Å². The molecule has 0 aromatic heterocycles. The fourth-order valence-corrected chi connectivity index (χ4v) is 0.920. The predicted octanol–water partition coefficient (Wildman–Crippen LogP) is 1.20. The number of nitrogens with one attached hydrogen (secondary N) is 2. The molecule has 0 aromatic rings. The Morgan fingerprint density at radius 2 is 1.61 bits per heavy atom. The van der Waals surface area contributed by atoms with Gasteiger partial charge in [-0.2, -0.15) is 0 Å². The molecule has 6 heteroatoms. The van der Waals surface area contributed by atoms with Crippen molar-refractivity contribution in [2.75, 3.05) is 6.54 Å². The summed E-state index contributed by atoms with van der Waals surface area (Å²) >= 11 is 0. The first-order valence-corrected chi connectivity index (χ1v) is 5.39. The smallest absolute Gasteiger partial charge is 0.331 e. The molecule has 0 aromatic carbocycles. The average molecular weight is 254 g/mol. The Bertz CT molecular complexity index is 418. The maximum absolute atomic E-state index is 11.5. The number of carbonyl (C=O) groups excluding carboxylic acids is 2. The van der Waals surface area contributed by atoms with E-state index >= 15 is 0 Å². The highest BCUT2D eigenvalue weighted by Gasteiger charge is 2.14. The van der Waals surface area contributed by atoms with Crippen molar-refractivity contribution < 1.29 is 19.5 Å². The number of carboxylic acid groups (broad SMARTS) is 1. The summed E-state index contributed by atoms with van der Waals surface area (Å²) in [5.41, 5.74) is 0.948. The molecule has 0 unspecified atom stereocenters. The third-order valence-corrected chi connectivity index (χ3v) is 2.22. The van der Waals surface area contributed by atoms with Crippen molar-refractivity contribution in [2.24, 2.45) is 0 Å². The first-order valence-electron chi connectivity index (χ1n) is 5.39. The van der Waals surface area contributed by atoms with Gasteiger partial charge < -0.3 is 10.4 Å². The topological polar surface area (TPSA) is 95.5 Å². The SMILES string of the molecule is CC(C)=CCNC(=O)NC(=O)C(C)=C(C)C(=O)O. The maximum atomic E-state index is 11.5. The van der Waals surface area contributed by atoms with Gasteiger partial charge in [0.1, 0.15) is 0 Å². The van der Waals surface area contributed by atoms with E-state index in [2.05, 4.69) is 5.32 Å². The lowest BCUT2D eigenvalue weighted by molar-refractivity contribution is -0.133. The van der Waals surface area contributed by atoms with Crippen LogP contribution in [0.3, 0.4) is 0 Å². The summed E-state index contributed by atoms with van der Waals surface area (Å²) in [6.45, 7) is 6.73. The van der Waals surface area contributed by atoms with E-state index in [0.717, 1.165) is 5.57 Å². The van der Waals surface area contributed by atoms with E-state index in [0.29, 0.717) is 6.54 Å². The first kappa shape index (κ1) is 15.9. The van der Waals surface area contributed by atoms with Gasteiger partial charge in [-0.05, 0) is 27.7 Å². The molecule has 6 nitrogen and oxygen atoms in total. The molecule has 100 valence electrons. The highest BCUT2D eigenvalue weighted by atomic mass is 16.4. The lowest BCUT2D eigenvalue weighted by atomic mass is 10.1. The Morgan fingerprint density at radius 3 is 2.06 bits per heavy atom. The summed E-state index contributed by atoms with van der Waals surface area (Å²) < 4.78 is 0. The quantitative estimate of drug-likeness (QED) is 0.519. The number of allylic oxidation sites excluding steroid dienone is 1. The Hall–Kier alpha value is -2.11. The van der Waals surface area contributed by atoms with Crippen LogP contribution in [0.4, 0.5) is 4.79 Å². The molecule has 3 amide bonds. The molecule has 0 saturated carbocycles. The molecule has 0 aliphatic heterocycles. The van der Waals surface area contributed by atoms with Crippen LogP contribution in [-0.2, 0) is 9.59 Å². The normalized spacial score (nSPS) is 11.1. The fraction of sp³-hybridized carbons (Fsp3) is 0.417. The molecule has 0 spiro atoms. The lowest BCUT2D eigenvalue weighted by Gasteiger charge is -2.06. The van der Waals surface area contributed by atoms with E-state index < -0.39 is 17.9 Å². The van der Waals surface area contributed by atoms with Crippen molar-refractivity contribution in [1.82, 2.24) is 10.6 Å². The van der Waals surface area contributed by atoms with Gasteiger partial charge in [-0.25, -0.2) is 9.59 Å². The Kier molecular flexibility index (Phi) is 6.41. The van der Waals surface area contributed by atoms with Gasteiger partial charge in [0.15, 0.2) is 0 Å². The zero-order valence-electron chi connectivity index (χ0n) is 11.0. The summed E-state index contributed by atoms with van der Waals surface area (Å²) in [6, 6.07) is -0.657. The first-order chi connectivity index (χ1) is 8.25. The van der Waals surface area contributed by atoms with Crippen LogP contribution in [0.1, 0.15) is 27.7 Å². The maximum Gasteiger partial charge on any atom is 0.331 e. The van der Waals surface area contributed by atoms with Crippen LogP contribution >= 0.6 is 0 Å². The van der Waals surface area contributed by atoms with Crippen LogP contribution in [0.15, 0.2) is 22.8 Å². The number of rotatable bonds is 4. The molecule has 0 heterocycles. The van der Waals surface area contributed by atoms with E-state index in [-0.39, 0.29) is 11.1 Å². The van der Waals surface area contributed by atoms with Crippen molar-refractivity contribution in [3.63, 3.8) is 0 Å². The standard InChI is InChI=1S/C12H18N2O4/c1-7(2)5-6-13-12(18)14-10(15)8(3)9(4)11(16)17/h5H,6H2,1-4H3,(H,16,17)(H2,13,14,15,18). The molecule has 0 saturated heterocycles. The lowest BCUT2D eigenvalue weighted by Crippen LogP contribution is -2.40. The molecule has 0 fully saturated rings. The van der Waals surface area contributed by atoms with Crippen LogP contribution in [0, 0.1) is 0 Å². The molecule has 0 radical (unpaired) electrons. The van der Waals surface area contributed by atoms with Gasteiger partial charge in [0.25, 0.3) is 5.91 Å². The van der Waals surface area contributed by atoms with E-state index in [1.54, 1.807) is 6.08 Å². The molecule has 0 bridgehead atoms. The minimum Gasteiger partial charge on any atom is -0.478 e. The zero-order valence-corrected chi connectivity index (χ0v) is 11.0. The van der Waals surface area contributed by atoms with E-state index in [1.165, 1.54) is 13.8 Å². The second-order valence-electron chi connectivity index (χ2n) is 4.00. The fourth-order valence-electron chi connectivity index (χ4n) is 0.920. The summed E-state index contributed by atoms with van der Waals surface area (Å²) in [5.74, 6) is -1.91. The zero-order chi connectivity index (χ0) is 14.3.